The molecule has 0 bridgehead atoms. The molecule has 1 rings (SSSR count). The van der Waals surface area contributed by atoms with Crippen LogP contribution in [0.1, 0.15) is 46.5 Å². The Morgan fingerprint density at radius 1 is 1.43 bits per heavy atom. The van der Waals surface area contributed by atoms with E-state index in [0.29, 0.717) is 5.41 Å². The smallest absolute Gasteiger partial charge is 0.0568 e. The summed E-state index contributed by atoms with van der Waals surface area (Å²) in [5, 5.41) is 9.32. The Labute approximate surface area is 88.3 Å². The fourth-order valence-electron chi connectivity index (χ4n) is 1.81. The molecule has 1 atom stereocenters. The normalized spacial score (nSPS) is 21.4. The maximum Gasteiger partial charge on any atom is 0.0568 e. The van der Waals surface area contributed by atoms with Crippen molar-refractivity contribution in [3.05, 3.63) is 6.54 Å². The van der Waals surface area contributed by atoms with Crippen LogP contribution in [-0.4, -0.2) is 29.2 Å². The summed E-state index contributed by atoms with van der Waals surface area (Å²) < 4.78 is 0. The molecule has 1 heterocycles. The summed E-state index contributed by atoms with van der Waals surface area (Å²) in [5.74, 6) is 0. The van der Waals surface area contributed by atoms with Crippen LogP contribution in [0.2, 0.25) is 0 Å². The zero-order valence-electron chi connectivity index (χ0n) is 9.79. The van der Waals surface area contributed by atoms with Crippen LogP contribution in [0.5, 0.6) is 0 Å². The summed E-state index contributed by atoms with van der Waals surface area (Å²) in [7, 11) is 0. The Hall–Kier alpha value is -0.0800. The van der Waals surface area contributed by atoms with Gasteiger partial charge in [-0.2, -0.15) is 0 Å². The summed E-state index contributed by atoms with van der Waals surface area (Å²) in [5.41, 5.74) is 0.454. The molecule has 1 saturated heterocycles. The maximum atomic E-state index is 9.32. The molecular formula is C12H24NO. The first kappa shape index (κ1) is 12.0. The molecule has 0 spiro atoms. The third kappa shape index (κ3) is 4.97. The number of hydrogen-bond donors (Lipinski definition) is 1. The van der Waals surface area contributed by atoms with Gasteiger partial charge in [0.05, 0.1) is 6.10 Å². The minimum atomic E-state index is -0.0890. The summed E-state index contributed by atoms with van der Waals surface area (Å²) in [6, 6.07) is 0. The predicted molar refractivity (Wildman–Crippen MR) is 59.8 cm³/mol. The summed E-state index contributed by atoms with van der Waals surface area (Å²) >= 11 is 0. The van der Waals surface area contributed by atoms with Gasteiger partial charge in [0.2, 0.25) is 0 Å². The lowest BCUT2D eigenvalue weighted by Gasteiger charge is -2.29. The molecule has 0 aromatic heterocycles. The van der Waals surface area contributed by atoms with Crippen LogP contribution < -0.4 is 0 Å². The molecule has 2 nitrogen and oxygen atoms in total. The van der Waals surface area contributed by atoms with Gasteiger partial charge in [0, 0.05) is 13.1 Å². The molecular weight excluding hydrogens is 174 g/mol. The molecule has 1 fully saturated rings. The molecule has 0 aromatic rings. The van der Waals surface area contributed by atoms with E-state index < -0.39 is 0 Å². The average Bonchev–Trinajstić information content (AvgIpc) is 2.06. The summed E-state index contributed by atoms with van der Waals surface area (Å²) in [6.07, 6.45) is 4.23. The van der Waals surface area contributed by atoms with Gasteiger partial charge in [0.15, 0.2) is 0 Å². The summed E-state index contributed by atoms with van der Waals surface area (Å²) in [4.78, 5) is 2.36. The topological polar surface area (TPSA) is 23.5 Å². The van der Waals surface area contributed by atoms with Crippen molar-refractivity contribution >= 4 is 0 Å². The lowest BCUT2D eigenvalue weighted by molar-refractivity contribution is 0.104. The van der Waals surface area contributed by atoms with E-state index >= 15 is 0 Å². The number of nitrogens with zero attached hydrogens (tertiary/aromatic N) is 1. The third-order valence-electron chi connectivity index (χ3n) is 2.76. The number of aliphatic hydroxyl groups is 1. The van der Waals surface area contributed by atoms with E-state index in [9.17, 15) is 5.11 Å². The zero-order valence-corrected chi connectivity index (χ0v) is 9.79. The number of hydrogen-bond acceptors (Lipinski definition) is 2. The van der Waals surface area contributed by atoms with Gasteiger partial charge in [-0.15, -0.1) is 0 Å². The van der Waals surface area contributed by atoms with Crippen molar-refractivity contribution in [3.63, 3.8) is 0 Å². The predicted octanol–water partition coefficient (Wildman–Crippen LogP) is 2.43. The van der Waals surface area contributed by atoms with Gasteiger partial charge < -0.3 is 5.11 Å². The molecule has 0 aromatic carbocycles. The SMILES string of the molecule is CC(C)(C)CCCN1[CH]CC(O)CC1. The van der Waals surface area contributed by atoms with Crippen molar-refractivity contribution < 1.29 is 5.11 Å². The Bertz CT molecular complexity index is 154. The molecule has 14 heavy (non-hydrogen) atoms. The number of rotatable bonds is 3. The lowest BCUT2D eigenvalue weighted by atomic mass is 9.90. The fraction of sp³-hybridized carbons (Fsp3) is 0.917. The molecule has 1 aliphatic heterocycles. The van der Waals surface area contributed by atoms with Gasteiger partial charge in [-0.05, 0) is 37.6 Å². The van der Waals surface area contributed by atoms with Crippen molar-refractivity contribution in [1.82, 2.24) is 4.90 Å². The first-order valence-corrected chi connectivity index (χ1v) is 5.73. The van der Waals surface area contributed by atoms with Gasteiger partial charge in [0.25, 0.3) is 0 Å². The van der Waals surface area contributed by atoms with E-state index in [1.54, 1.807) is 0 Å². The second-order valence-electron chi connectivity index (χ2n) is 5.56. The fourth-order valence-corrected chi connectivity index (χ4v) is 1.81. The molecule has 0 amide bonds. The molecule has 1 unspecified atom stereocenters. The maximum absolute atomic E-state index is 9.32. The Morgan fingerprint density at radius 2 is 2.14 bits per heavy atom. The third-order valence-corrected chi connectivity index (χ3v) is 2.76. The zero-order chi connectivity index (χ0) is 10.6. The van der Waals surface area contributed by atoms with Crippen molar-refractivity contribution in [2.45, 2.75) is 52.6 Å². The van der Waals surface area contributed by atoms with Crippen LogP contribution in [0, 0.1) is 12.0 Å². The van der Waals surface area contributed by atoms with Crippen LogP contribution in [0.15, 0.2) is 0 Å². The molecule has 1 N–H and O–H groups in total. The molecule has 83 valence electrons. The number of piperidine rings is 1. The largest absolute Gasteiger partial charge is 0.393 e. The Morgan fingerprint density at radius 3 is 2.64 bits per heavy atom. The molecule has 2 heteroatoms. The average molecular weight is 198 g/mol. The minimum Gasteiger partial charge on any atom is -0.393 e. The van der Waals surface area contributed by atoms with Gasteiger partial charge in [-0.25, -0.2) is 0 Å². The van der Waals surface area contributed by atoms with E-state index in [0.717, 1.165) is 25.9 Å². The van der Waals surface area contributed by atoms with Gasteiger partial charge in [-0.1, -0.05) is 20.8 Å². The van der Waals surface area contributed by atoms with Crippen molar-refractivity contribution in [3.8, 4) is 0 Å². The molecule has 0 saturated carbocycles. The van der Waals surface area contributed by atoms with Crippen LogP contribution in [0.4, 0.5) is 0 Å². The second kappa shape index (κ2) is 5.13. The minimum absolute atomic E-state index is 0.0890. The first-order chi connectivity index (χ1) is 6.47. The van der Waals surface area contributed by atoms with Crippen LogP contribution in [0.3, 0.4) is 0 Å². The van der Waals surface area contributed by atoms with Crippen LogP contribution >= 0.6 is 0 Å². The van der Waals surface area contributed by atoms with Gasteiger partial charge in [0.1, 0.15) is 0 Å². The van der Waals surface area contributed by atoms with Gasteiger partial charge >= 0.3 is 0 Å². The van der Waals surface area contributed by atoms with E-state index in [1.807, 2.05) is 0 Å². The Kier molecular flexibility index (Phi) is 4.39. The molecule has 0 aliphatic carbocycles. The highest BCUT2D eigenvalue weighted by atomic mass is 16.3. The highest BCUT2D eigenvalue weighted by Crippen LogP contribution is 2.22. The molecule has 1 radical (unpaired) electrons. The first-order valence-electron chi connectivity index (χ1n) is 5.73. The van der Waals surface area contributed by atoms with Crippen molar-refractivity contribution in [1.29, 1.82) is 0 Å². The monoisotopic (exact) mass is 198 g/mol. The Balaban J connectivity index is 2.08. The number of aliphatic hydroxyl groups excluding tert-OH is 1. The van der Waals surface area contributed by atoms with Crippen molar-refractivity contribution in [2.75, 3.05) is 13.1 Å². The highest BCUT2D eigenvalue weighted by Gasteiger charge is 2.17. The summed E-state index contributed by atoms with van der Waals surface area (Å²) in [6.45, 7) is 11.2. The van der Waals surface area contributed by atoms with E-state index in [-0.39, 0.29) is 6.10 Å². The highest BCUT2D eigenvalue weighted by molar-refractivity contribution is 4.80. The van der Waals surface area contributed by atoms with Crippen molar-refractivity contribution in [2.24, 2.45) is 5.41 Å². The van der Waals surface area contributed by atoms with Crippen LogP contribution in [0.25, 0.3) is 0 Å². The molecule has 1 aliphatic rings. The van der Waals surface area contributed by atoms with Crippen LogP contribution in [-0.2, 0) is 0 Å². The number of likely N-dealkylation sites (tertiary alicyclic amines) is 1. The van der Waals surface area contributed by atoms with E-state index in [4.69, 9.17) is 0 Å². The van der Waals surface area contributed by atoms with E-state index in [1.165, 1.54) is 12.8 Å². The quantitative estimate of drug-likeness (QED) is 0.753. The lowest BCUT2D eigenvalue weighted by Crippen LogP contribution is -2.33. The standard InChI is InChI=1S/C12H24NO/c1-12(2,3)7-4-8-13-9-5-11(14)6-10-13/h9,11,14H,4-8,10H2,1-3H3. The second-order valence-corrected chi connectivity index (χ2v) is 5.56. The van der Waals surface area contributed by atoms with Gasteiger partial charge in [-0.3, -0.25) is 4.90 Å². The van der Waals surface area contributed by atoms with E-state index in [2.05, 4.69) is 32.2 Å².